The van der Waals surface area contributed by atoms with Crippen molar-refractivity contribution in [2.24, 2.45) is 17.3 Å². The van der Waals surface area contributed by atoms with Gasteiger partial charge in [-0.15, -0.1) is 0 Å². The van der Waals surface area contributed by atoms with Crippen LogP contribution >= 0.6 is 0 Å². The number of amides is 4. The molecule has 4 saturated heterocycles. The van der Waals surface area contributed by atoms with Crippen molar-refractivity contribution in [1.82, 2.24) is 40.4 Å². The van der Waals surface area contributed by atoms with Crippen LogP contribution in [0.4, 0.5) is 0 Å². The second kappa shape index (κ2) is 19.7. The molecule has 70 heavy (non-hydrogen) atoms. The lowest BCUT2D eigenvalue weighted by molar-refractivity contribution is -0.155. The number of aromatic hydroxyl groups is 1. The molecule has 0 spiro atoms. The number of pyridine rings is 1. The highest BCUT2D eigenvalue weighted by Gasteiger charge is 2.49. The molecule has 2 aromatic carbocycles. The number of phenols is 1. The lowest BCUT2D eigenvalue weighted by atomic mass is 9.84. The van der Waals surface area contributed by atoms with Crippen molar-refractivity contribution >= 4 is 40.5 Å². The zero-order valence-corrected chi connectivity index (χ0v) is 41.9. The van der Waals surface area contributed by atoms with Gasteiger partial charge in [-0.2, -0.15) is 0 Å². The van der Waals surface area contributed by atoms with Crippen LogP contribution in [0.15, 0.2) is 54.7 Å². The number of aromatic nitrogens is 2. The summed E-state index contributed by atoms with van der Waals surface area (Å²) in [4.78, 5) is 79.4. The molecule has 5 aliphatic rings. The van der Waals surface area contributed by atoms with Crippen LogP contribution in [-0.2, 0) is 52.8 Å². The third kappa shape index (κ3) is 9.66. The minimum Gasteiger partial charge on any atom is -0.508 e. The molecule has 4 fully saturated rings. The Hall–Kier alpha value is -5.84. The van der Waals surface area contributed by atoms with Crippen LogP contribution in [0.1, 0.15) is 103 Å². The fourth-order valence-corrected chi connectivity index (χ4v) is 11.8. The van der Waals surface area contributed by atoms with Gasteiger partial charge in [-0.25, -0.2) is 5.43 Å². The summed E-state index contributed by atoms with van der Waals surface area (Å²) in [5.74, 6) is -2.10. The van der Waals surface area contributed by atoms with E-state index in [1.165, 1.54) is 9.91 Å². The topological polar surface area (TPSA) is 198 Å². The van der Waals surface area contributed by atoms with E-state index in [4.69, 9.17) is 14.5 Å². The van der Waals surface area contributed by atoms with Crippen molar-refractivity contribution in [2.75, 3.05) is 33.9 Å². The normalized spacial score (nSPS) is 25.3. The Morgan fingerprint density at radius 2 is 1.77 bits per heavy atom. The molecule has 5 aliphatic heterocycles. The summed E-state index contributed by atoms with van der Waals surface area (Å²) < 4.78 is 14.3. The first kappa shape index (κ1) is 49.2. The Morgan fingerprint density at radius 3 is 2.46 bits per heavy atom. The predicted octanol–water partition coefficient (Wildman–Crippen LogP) is 5.68. The number of hydrogen-bond donors (Lipinski definition) is 4. The zero-order valence-electron chi connectivity index (χ0n) is 41.9. The number of esters is 1. The number of piperidine rings is 1. The van der Waals surface area contributed by atoms with Gasteiger partial charge in [0.2, 0.25) is 17.7 Å². The highest BCUT2D eigenvalue weighted by Crippen LogP contribution is 2.43. The molecule has 8 atom stereocenters. The fourth-order valence-electron chi connectivity index (χ4n) is 11.8. The van der Waals surface area contributed by atoms with E-state index in [0.717, 1.165) is 57.4 Å². The number of hydrazine groups is 1. The summed E-state index contributed by atoms with van der Waals surface area (Å²) in [6.07, 6.45) is 5.83. The highest BCUT2D eigenvalue weighted by molar-refractivity contribution is 5.96. The van der Waals surface area contributed by atoms with Crippen LogP contribution in [0, 0.1) is 17.3 Å². The molecule has 8 bridgehead atoms. The number of methoxy groups -OCH3 is 1. The van der Waals surface area contributed by atoms with Gasteiger partial charge in [0, 0.05) is 86.3 Å². The molecule has 16 nitrogen and oxygen atoms in total. The number of hydrogen-bond acceptors (Lipinski definition) is 11. The molecule has 7 heterocycles. The number of ether oxygens (including phenoxy) is 2. The van der Waals surface area contributed by atoms with Crippen LogP contribution in [0.3, 0.4) is 0 Å². The number of rotatable bonds is 10. The monoisotopic (exact) mass is 959 g/mol. The Balaban J connectivity index is 1.07. The summed E-state index contributed by atoms with van der Waals surface area (Å²) in [5, 5.41) is 20.0. The Labute approximate surface area is 410 Å². The maximum atomic E-state index is 14.8. The molecule has 2 aromatic heterocycles. The average molecular weight is 959 g/mol. The van der Waals surface area contributed by atoms with Crippen LogP contribution in [0.25, 0.3) is 33.3 Å². The van der Waals surface area contributed by atoms with E-state index in [9.17, 15) is 29.1 Å². The van der Waals surface area contributed by atoms with E-state index in [1.807, 2.05) is 43.9 Å². The Morgan fingerprint density at radius 1 is 1.03 bits per heavy atom. The first-order valence-electron chi connectivity index (χ1n) is 25.3. The van der Waals surface area contributed by atoms with Crippen molar-refractivity contribution in [3.63, 3.8) is 0 Å². The minimum absolute atomic E-state index is 0.000609. The smallest absolute Gasteiger partial charge is 0.324 e. The molecule has 0 radical (unpaired) electrons. The van der Waals surface area contributed by atoms with Gasteiger partial charge >= 0.3 is 5.97 Å². The summed E-state index contributed by atoms with van der Waals surface area (Å²) >= 11 is 0. The lowest BCUT2D eigenvalue weighted by Gasteiger charge is -2.41. The standard InChI is InChI=1S/C54H70N8O8/c1-9-60-45-17-14-33-26-40(45)41(48(60)39-12-10-18-55-46(39)31(4)69-8)27-54(5,6)29-70-53(68)42-13-11-19-61(58-42)51(66)43(22-32-20-34(33)25-38(63)21-32)57-49(64)47(30(2)3)59(7)50(65)35-23-36-15-16-37(24-35)62(36)52(67)44-28-56-44/h10,12,14,17-18,20-21,25-26,30-31,35-37,42-44,47,56,58,63H,9,11,13,15-16,19,22-24,27-29H2,1-8H3,(H,57,64)/t31-,35-,36+,37-,42-,43-,44-,47?/m0/s1. The summed E-state index contributed by atoms with van der Waals surface area (Å²) in [6.45, 7) is 13.8. The molecule has 4 N–H and O–H groups in total. The van der Waals surface area contributed by atoms with Gasteiger partial charge in [0.25, 0.3) is 5.91 Å². The number of carbonyl (C=O) groups is 5. The largest absolute Gasteiger partial charge is 0.508 e. The molecule has 9 rings (SSSR count). The second-order valence-electron chi connectivity index (χ2n) is 21.4. The molecule has 16 heteroatoms. The van der Waals surface area contributed by atoms with Gasteiger partial charge in [0.15, 0.2) is 0 Å². The zero-order chi connectivity index (χ0) is 49.8. The van der Waals surface area contributed by atoms with E-state index in [0.29, 0.717) is 50.8 Å². The van der Waals surface area contributed by atoms with Crippen LogP contribution in [-0.4, -0.2) is 129 Å². The third-order valence-electron chi connectivity index (χ3n) is 15.4. The number of fused-ring (bicyclic) bond motifs is 8. The van der Waals surface area contributed by atoms with E-state index in [1.54, 1.807) is 32.5 Å². The number of benzene rings is 2. The quantitative estimate of drug-likeness (QED) is 0.113. The van der Waals surface area contributed by atoms with Crippen molar-refractivity contribution in [3.8, 4) is 28.1 Å². The SMILES string of the molecule is CCn1c(-c2cccnc2[C@H](C)OC)c2c3cc(ccc31)-c1cc(O)cc(c1)C[C@H](NC(=O)C(C(C)C)N(C)C(=O)[C@H]1C[C@H]3CC[C@@H](C1)N3C(=O)[C@@H]1CN1)C(=O)N1CCC[C@H](N1)C(=O)OCC(C)(C)C2. The van der Waals surface area contributed by atoms with E-state index in [2.05, 4.69) is 59.6 Å². The fraction of sp³-hybridized carbons (Fsp3) is 0.556. The van der Waals surface area contributed by atoms with E-state index in [-0.39, 0.29) is 73.2 Å². The first-order chi connectivity index (χ1) is 33.5. The maximum Gasteiger partial charge on any atom is 0.324 e. The van der Waals surface area contributed by atoms with Crippen molar-refractivity contribution in [2.45, 2.75) is 142 Å². The van der Waals surface area contributed by atoms with Gasteiger partial charge in [-0.05, 0) is 123 Å². The molecular weight excluding hydrogens is 889 g/mol. The van der Waals surface area contributed by atoms with Gasteiger partial charge in [0.05, 0.1) is 30.1 Å². The Kier molecular flexibility index (Phi) is 13.9. The molecule has 0 aliphatic carbocycles. The van der Waals surface area contributed by atoms with Gasteiger partial charge in [0.1, 0.15) is 23.9 Å². The number of carbonyl (C=O) groups excluding carboxylic acids is 5. The van der Waals surface area contributed by atoms with Gasteiger partial charge in [-0.3, -0.25) is 34.0 Å². The van der Waals surface area contributed by atoms with Crippen LogP contribution in [0.5, 0.6) is 5.75 Å². The maximum absolute atomic E-state index is 14.8. The summed E-state index contributed by atoms with van der Waals surface area (Å²) in [6, 6.07) is 12.5. The van der Waals surface area contributed by atoms with Crippen molar-refractivity contribution < 1.29 is 38.6 Å². The van der Waals surface area contributed by atoms with Gasteiger partial charge < -0.3 is 39.6 Å². The molecule has 4 aromatic rings. The number of aryl methyl sites for hydroxylation is 1. The number of nitrogens with zero attached hydrogens (tertiary/aromatic N) is 5. The number of likely N-dealkylation sites (N-methyl/N-ethyl adjacent to an activating group) is 1. The molecule has 0 saturated carbocycles. The molecular formula is C54H70N8O8. The van der Waals surface area contributed by atoms with E-state index < -0.39 is 41.3 Å². The Bertz CT molecular complexity index is 2660. The summed E-state index contributed by atoms with van der Waals surface area (Å²) in [5.41, 5.74) is 9.64. The minimum atomic E-state index is -1.15. The van der Waals surface area contributed by atoms with Crippen LogP contribution in [0.2, 0.25) is 0 Å². The lowest BCUT2D eigenvalue weighted by Crippen LogP contribution is -2.62. The second-order valence-corrected chi connectivity index (χ2v) is 21.4. The molecule has 1 unspecified atom stereocenters. The third-order valence-corrected chi connectivity index (χ3v) is 15.4. The van der Waals surface area contributed by atoms with E-state index >= 15 is 0 Å². The number of phenolic OH excluding ortho intramolecular Hbond substituents is 1. The van der Waals surface area contributed by atoms with Gasteiger partial charge in [-0.1, -0.05) is 39.8 Å². The number of nitrogens with one attached hydrogen (secondary N) is 3. The summed E-state index contributed by atoms with van der Waals surface area (Å²) in [7, 11) is 3.34. The van der Waals surface area contributed by atoms with Crippen molar-refractivity contribution in [3.05, 3.63) is 71.5 Å². The number of cyclic esters (lactones) is 1. The highest BCUT2D eigenvalue weighted by atomic mass is 16.5. The molecule has 374 valence electrons. The molecule has 4 amide bonds. The van der Waals surface area contributed by atoms with Crippen molar-refractivity contribution in [1.29, 1.82) is 0 Å². The predicted molar refractivity (Wildman–Crippen MR) is 265 cm³/mol. The van der Waals surface area contributed by atoms with Crippen LogP contribution < -0.4 is 16.1 Å². The average Bonchev–Trinajstić information content (AvgIpc) is 4.11. The first-order valence-corrected chi connectivity index (χ1v) is 25.3.